The van der Waals surface area contributed by atoms with Gasteiger partial charge in [0, 0.05) is 31.7 Å². The van der Waals surface area contributed by atoms with Gasteiger partial charge >= 0.3 is 0 Å². The number of likely N-dealkylation sites (tertiary alicyclic amines) is 1. The number of morpholine rings is 1. The summed E-state index contributed by atoms with van der Waals surface area (Å²) in [6, 6.07) is 22.9. The standard InChI is InChI=1S/C33H36N2O6/c1-2-3-20-40-26-14-12-24(13-15-26)31(36)29-30(25-8-7-11-28(23-25)41-27-9-5-4-6-10-27)35(33(38)32(29)37)17-16-34-18-21-39-22-19-34/h4-15,23,30,36H,2-3,16-22H2,1H3/b31-29+. The molecule has 0 radical (unpaired) electrons. The van der Waals surface area contributed by atoms with E-state index in [9.17, 15) is 14.7 Å². The molecule has 3 aromatic rings. The first-order chi connectivity index (χ1) is 20.0. The molecule has 2 aliphatic heterocycles. The summed E-state index contributed by atoms with van der Waals surface area (Å²) in [5, 5.41) is 11.5. The van der Waals surface area contributed by atoms with E-state index in [0.717, 1.165) is 25.9 Å². The minimum absolute atomic E-state index is 0.0634. The van der Waals surface area contributed by atoms with Crippen LogP contribution in [0.5, 0.6) is 17.2 Å². The van der Waals surface area contributed by atoms with E-state index in [4.69, 9.17) is 14.2 Å². The average Bonchev–Trinajstić information content (AvgIpc) is 3.26. The van der Waals surface area contributed by atoms with Crippen LogP contribution in [0, 0.1) is 0 Å². The number of nitrogens with zero attached hydrogens (tertiary/aromatic N) is 2. The Morgan fingerprint density at radius 1 is 0.902 bits per heavy atom. The number of carbonyl (C=O) groups excluding carboxylic acids is 2. The van der Waals surface area contributed by atoms with Gasteiger partial charge < -0.3 is 24.2 Å². The van der Waals surface area contributed by atoms with Crippen LogP contribution in [0.1, 0.15) is 36.9 Å². The van der Waals surface area contributed by atoms with Crippen molar-refractivity contribution >= 4 is 17.4 Å². The van der Waals surface area contributed by atoms with E-state index in [1.54, 1.807) is 29.2 Å². The minimum atomic E-state index is -0.768. The Balaban J connectivity index is 1.48. The number of rotatable bonds is 11. The second-order valence-corrected chi connectivity index (χ2v) is 10.2. The maximum atomic E-state index is 13.5. The second kappa shape index (κ2) is 13.5. The fraction of sp³-hybridized carbons (Fsp3) is 0.333. The number of carbonyl (C=O) groups is 2. The molecule has 1 unspecified atom stereocenters. The molecule has 0 aromatic heterocycles. The van der Waals surface area contributed by atoms with Crippen LogP contribution in [0.2, 0.25) is 0 Å². The van der Waals surface area contributed by atoms with Crippen LogP contribution in [-0.4, -0.2) is 72.6 Å². The largest absolute Gasteiger partial charge is 0.507 e. The second-order valence-electron chi connectivity index (χ2n) is 10.2. The molecule has 1 atom stereocenters. The molecule has 2 aliphatic rings. The number of amides is 1. The van der Waals surface area contributed by atoms with Crippen LogP contribution < -0.4 is 9.47 Å². The number of ether oxygens (including phenoxy) is 3. The van der Waals surface area contributed by atoms with Crippen molar-refractivity contribution in [2.24, 2.45) is 0 Å². The highest BCUT2D eigenvalue weighted by molar-refractivity contribution is 6.46. The fourth-order valence-electron chi connectivity index (χ4n) is 5.10. The zero-order valence-corrected chi connectivity index (χ0v) is 23.3. The third-order valence-electron chi connectivity index (χ3n) is 7.35. The van der Waals surface area contributed by atoms with Gasteiger partial charge in [-0.1, -0.05) is 43.7 Å². The molecular weight excluding hydrogens is 520 g/mol. The third kappa shape index (κ3) is 6.78. The summed E-state index contributed by atoms with van der Waals surface area (Å²) in [7, 11) is 0. The van der Waals surface area contributed by atoms with E-state index in [2.05, 4.69) is 11.8 Å². The Labute approximate surface area is 240 Å². The smallest absolute Gasteiger partial charge is 0.295 e. The lowest BCUT2D eigenvalue weighted by molar-refractivity contribution is -0.140. The number of hydrogen-bond donors (Lipinski definition) is 1. The molecule has 2 saturated heterocycles. The highest BCUT2D eigenvalue weighted by Crippen LogP contribution is 2.40. The van der Waals surface area contributed by atoms with E-state index < -0.39 is 17.7 Å². The van der Waals surface area contributed by atoms with E-state index in [1.807, 2.05) is 54.6 Å². The quantitative estimate of drug-likeness (QED) is 0.146. The van der Waals surface area contributed by atoms with Gasteiger partial charge in [0.15, 0.2) is 0 Å². The molecule has 0 saturated carbocycles. The van der Waals surface area contributed by atoms with Crippen molar-refractivity contribution in [3.63, 3.8) is 0 Å². The van der Waals surface area contributed by atoms with Crippen molar-refractivity contribution in [3.8, 4) is 17.2 Å². The lowest BCUT2D eigenvalue weighted by Crippen LogP contribution is -2.42. The normalized spacial score (nSPS) is 19.0. The van der Waals surface area contributed by atoms with Crippen LogP contribution in [0.15, 0.2) is 84.4 Å². The Morgan fingerprint density at radius 2 is 1.63 bits per heavy atom. The Bertz CT molecular complexity index is 1370. The van der Waals surface area contributed by atoms with Crippen molar-refractivity contribution in [1.29, 1.82) is 0 Å². The number of benzene rings is 3. The molecule has 0 aliphatic carbocycles. The van der Waals surface area contributed by atoms with Crippen LogP contribution >= 0.6 is 0 Å². The molecule has 2 fully saturated rings. The number of hydrogen-bond acceptors (Lipinski definition) is 7. The van der Waals surface area contributed by atoms with E-state index in [1.165, 1.54) is 0 Å². The zero-order chi connectivity index (χ0) is 28.6. The first kappa shape index (κ1) is 28.4. The monoisotopic (exact) mass is 556 g/mol. The van der Waals surface area contributed by atoms with Crippen molar-refractivity contribution in [2.45, 2.75) is 25.8 Å². The molecule has 1 N–H and O–H groups in total. The van der Waals surface area contributed by atoms with Gasteiger partial charge in [-0.25, -0.2) is 0 Å². The lowest BCUT2D eigenvalue weighted by atomic mass is 9.95. The Morgan fingerprint density at radius 3 is 2.37 bits per heavy atom. The molecular formula is C33H36N2O6. The summed E-state index contributed by atoms with van der Waals surface area (Å²) < 4.78 is 17.3. The molecule has 8 heteroatoms. The maximum absolute atomic E-state index is 13.5. The summed E-state index contributed by atoms with van der Waals surface area (Å²) in [6.07, 6.45) is 1.98. The molecule has 0 bridgehead atoms. The van der Waals surface area contributed by atoms with Gasteiger partial charge in [0.25, 0.3) is 11.7 Å². The van der Waals surface area contributed by atoms with Gasteiger partial charge in [0.1, 0.15) is 23.0 Å². The van der Waals surface area contributed by atoms with Gasteiger partial charge in [0.2, 0.25) is 0 Å². The molecule has 214 valence electrons. The van der Waals surface area contributed by atoms with Gasteiger partial charge in [0.05, 0.1) is 31.4 Å². The van der Waals surface area contributed by atoms with E-state index in [-0.39, 0.29) is 11.3 Å². The van der Waals surface area contributed by atoms with Gasteiger partial charge in [-0.05, 0) is 60.5 Å². The maximum Gasteiger partial charge on any atom is 0.295 e. The van der Waals surface area contributed by atoms with Crippen molar-refractivity contribution < 1.29 is 28.9 Å². The third-order valence-corrected chi connectivity index (χ3v) is 7.35. The topological polar surface area (TPSA) is 88.5 Å². The summed E-state index contributed by atoms with van der Waals surface area (Å²) in [4.78, 5) is 30.7. The van der Waals surface area contributed by atoms with Crippen molar-refractivity contribution in [3.05, 3.63) is 95.6 Å². The summed E-state index contributed by atoms with van der Waals surface area (Å²) in [5.41, 5.74) is 1.19. The molecule has 1 amide bonds. The highest BCUT2D eigenvalue weighted by atomic mass is 16.5. The van der Waals surface area contributed by atoms with Crippen LogP contribution in [-0.2, 0) is 14.3 Å². The van der Waals surface area contributed by atoms with Crippen molar-refractivity contribution in [1.82, 2.24) is 9.80 Å². The molecule has 5 rings (SSSR count). The molecule has 8 nitrogen and oxygen atoms in total. The molecule has 3 aromatic carbocycles. The SMILES string of the molecule is CCCCOc1ccc(/C(O)=C2\C(=O)C(=O)N(CCN3CCOCC3)C2c2cccc(Oc3ccccc3)c2)cc1. The Kier molecular flexibility index (Phi) is 9.33. The van der Waals surface area contributed by atoms with Crippen LogP contribution in [0.4, 0.5) is 0 Å². The summed E-state index contributed by atoms with van der Waals surface area (Å²) in [5.74, 6) is 0.388. The molecule has 0 spiro atoms. The number of Topliss-reactive ketones (excluding diaryl/α,β-unsaturated/α-hetero) is 1. The fourth-order valence-corrected chi connectivity index (χ4v) is 5.10. The predicted octanol–water partition coefficient (Wildman–Crippen LogP) is 5.41. The molecule has 41 heavy (non-hydrogen) atoms. The number of aliphatic hydroxyl groups excluding tert-OH is 1. The Hall–Kier alpha value is -4.14. The van der Waals surface area contributed by atoms with E-state index >= 15 is 0 Å². The van der Waals surface area contributed by atoms with Crippen LogP contribution in [0.3, 0.4) is 0 Å². The van der Waals surface area contributed by atoms with Gasteiger partial charge in [-0.3, -0.25) is 14.5 Å². The summed E-state index contributed by atoms with van der Waals surface area (Å²) >= 11 is 0. The first-order valence-corrected chi connectivity index (χ1v) is 14.2. The van der Waals surface area contributed by atoms with Crippen LogP contribution in [0.25, 0.3) is 5.76 Å². The minimum Gasteiger partial charge on any atom is -0.507 e. The average molecular weight is 557 g/mol. The number of ketones is 1. The van der Waals surface area contributed by atoms with Gasteiger partial charge in [-0.2, -0.15) is 0 Å². The lowest BCUT2D eigenvalue weighted by Gasteiger charge is -2.31. The number of unbranched alkanes of at least 4 members (excludes halogenated alkanes) is 1. The van der Waals surface area contributed by atoms with Gasteiger partial charge in [-0.15, -0.1) is 0 Å². The number of aliphatic hydroxyl groups is 1. The predicted molar refractivity (Wildman–Crippen MR) is 156 cm³/mol. The van der Waals surface area contributed by atoms with Crippen molar-refractivity contribution in [2.75, 3.05) is 46.0 Å². The number of para-hydroxylation sites is 1. The first-order valence-electron chi connectivity index (χ1n) is 14.2. The zero-order valence-electron chi connectivity index (χ0n) is 23.3. The van der Waals surface area contributed by atoms with E-state index in [0.29, 0.717) is 61.3 Å². The highest BCUT2D eigenvalue weighted by Gasteiger charge is 2.46. The summed E-state index contributed by atoms with van der Waals surface area (Å²) in [6.45, 7) is 6.44. The molecule has 2 heterocycles.